The molecule has 2 aromatic rings. The molecule has 0 aliphatic rings. The van der Waals surface area contributed by atoms with Gasteiger partial charge in [-0.3, -0.25) is 0 Å². The van der Waals surface area contributed by atoms with Crippen LogP contribution in [-0.4, -0.2) is 20.1 Å². The van der Waals surface area contributed by atoms with E-state index in [9.17, 15) is 0 Å². The van der Waals surface area contributed by atoms with Gasteiger partial charge in [0.1, 0.15) is 12.4 Å². The zero-order chi connectivity index (χ0) is 14.8. The molecule has 112 valence electrons. The monoisotopic (exact) mass is 284 g/mol. The lowest BCUT2D eigenvalue weighted by Gasteiger charge is -2.08. The SMILES string of the molecule is CNCCCNCc1ccc(OCc2ccccc2)cc1. The number of rotatable bonds is 9. The first-order chi connectivity index (χ1) is 10.4. The van der Waals surface area contributed by atoms with Crippen molar-refractivity contribution < 1.29 is 4.74 Å². The summed E-state index contributed by atoms with van der Waals surface area (Å²) in [7, 11) is 1.98. The van der Waals surface area contributed by atoms with E-state index in [-0.39, 0.29) is 0 Å². The Morgan fingerprint density at radius 3 is 2.33 bits per heavy atom. The van der Waals surface area contributed by atoms with Gasteiger partial charge in [-0.05, 0) is 49.8 Å². The Kier molecular flexibility index (Phi) is 6.78. The second-order valence-electron chi connectivity index (χ2n) is 5.05. The summed E-state index contributed by atoms with van der Waals surface area (Å²) in [6, 6.07) is 18.5. The van der Waals surface area contributed by atoms with Crippen molar-refractivity contribution in [3.05, 3.63) is 65.7 Å². The van der Waals surface area contributed by atoms with Gasteiger partial charge >= 0.3 is 0 Å². The van der Waals surface area contributed by atoms with Gasteiger partial charge in [-0.25, -0.2) is 0 Å². The highest BCUT2D eigenvalue weighted by atomic mass is 16.5. The maximum absolute atomic E-state index is 5.78. The van der Waals surface area contributed by atoms with Gasteiger partial charge in [-0.1, -0.05) is 42.5 Å². The van der Waals surface area contributed by atoms with Crippen LogP contribution in [0.1, 0.15) is 17.5 Å². The van der Waals surface area contributed by atoms with Crippen LogP contribution in [0.15, 0.2) is 54.6 Å². The molecule has 0 amide bonds. The maximum Gasteiger partial charge on any atom is 0.119 e. The molecule has 2 rings (SSSR count). The van der Waals surface area contributed by atoms with E-state index in [2.05, 4.69) is 34.9 Å². The molecular formula is C18H24N2O. The van der Waals surface area contributed by atoms with Crippen LogP contribution in [0.2, 0.25) is 0 Å². The molecule has 0 aromatic heterocycles. The van der Waals surface area contributed by atoms with E-state index < -0.39 is 0 Å². The molecule has 0 aliphatic carbocycles. The smallest absolute Gasteiger partial charge is 0.119 e. The summed E-state index contributed by atoms with van der Waals surface area (Å²) >= 11 is 0. The van der Waals surface area contributed by atoms with Crippen molar-refractivity contribution in [2.24, 2.45) is 0 Å². The van der Waals surface area contributed by atoms with Crippen molar-refractivity contribution in [2.75, 3.05) is 20.1 Å². The van der Waals surface area contributed by atoms with Crippen LogP contribution in [0.25, 0.3) is 0 Å². The standard InChI is InChI=1S/C18H24N2O/c1-19-12-5-13-20-14-16-8-10-18(11-9-16)21-15-17-6-3-2-4-7-17/h2-4,6-11,19-20H,5,12-15H2,1H3. The maximum atomic E-state index is 5.78. The summed E-state index contributed by atoms with van der Waals surface area (Å²) < 4.78 is 5.78. The first-order valence-electron chi connectivity index (χ1n) is 7.49. The summed E-state index contributed by atoms with van der Waals surface area (Å²) in [5.41, 5.74) is 2.47. The Morgan fingerprint density at radius 1 is 0.857 bits per heavy atom. The third kappa shape index (κ3) is 5.98. The van der Waals surface area contributed by atoms with Gasteiger partial charge in [0.2, 0.25) is 0 Å². The van der Waals surface area contributed by atoms with Crippen LogP contribution in [0.5, 0.6) is 5.75 Å². The van der Waals surface area contributed by atoms with Crippen molar-refractivity contribution in [2.45, 2.75) is 19.6 Å². The minimum atomic E-state index is 0.614. The first-order valence-corrected chi connectivity index (χ1v) is 7.49. The van der Waals surface area contributed by atoms with Gasteiger partial charge in [0, 0.05) is 6.54 Å². The molecule has 0 aliphatic heterocycles. The summed E-state index contributed by atoms with van der Waals surface area (Å²) in [5.74, 6) is 0.915. The Hall–Kier alpha value is -1.84. The zero-order valence-electron chi connectivity index (χ0n) is 12.6. The van der Waals surface area contributed by atoms with Gasteiger partial charge in [-0.2, -0.15) is 0 Å². The van der Waals surface area contributed by atoms with E-state index >= 15 is 0 Å². The molecule has 21 heavy (non-hydrogen) atoms. The fraction of sp³-hybridized carbons (Fsp3) is 0.333. The van der Waals surface area contributed by atoms with E-state index in [0.29, 0.717) is 6.61 Å². The van der Waals surface area contributed by atoms with Crippen LogP contribution >= 0.6 is 0 Å². The Bertz CT molecular complexity index is 496. The lowest BCUT2D eigenvalue weighted by atomic mass is 10.2. The zero-order valence-corrected chi connectivity index (χ0v) is 12.6. The molecule has 0 saturated carbocycles. The minimum Gasteiger partial charge on any atom is -0.489 e. The number of hydrogen-bond acceptors (Lipinski definition) is 3. The number of benzene rings is 2. The van der Waals surface area contributed by atoms with Gasteiger partial charge in [0.15, 0.2) is 0 Å². The van der Waals surface area contributed by atoms with Crippen LogP contribution in [-0.2, 0) is 13.2 Å². The van der Waals surface area contributed by atoms with Gasteiger partial charge in [-0.15, -0.1) is 0 Å². The molecule has 3 heteroatoms. The summed E-state index contributed by atoms with van der Waals surface area (Å²) in [6.07, 6.45) is 1.15. The predicted molar refractivity (Wildman–Crippen MR) is 87.5 cm³/mol. The molecule has 0 saturated heterocycles. The van der Waals surface area contributed by atoms with E-state index in [0.717, 1.165) is 31.8 Å². The van der Waals surface area contributed by atoms with Gasteiger partial charge in [0.05, 0.1) is 0 Å². The highest BCUT2D eigenvalue weighted by Gasteiger charge is 1.97. The number of ether oxygens (including phenoxy) is 1. The van der Waals surface area contributed by atoms with Crippen molar-refractivity contribution in [3.63, 3.8) is 0 Å². The Balaban J connectivity index is 1.71. The average Bonchev–Trinajstić information content (AvgIpc) is 2.55. The second-order valence-corrected chi connectivity index (χ2v) is 5.05. The Labute approximate surface area is 127 Å². The quantitative estimate of drug-likeness (QED) is 0.695. The van der Waals surface area contributed by atoms with Crippen LogP contribution in [0, 0.1) is 0 Å². The fourth-order valence-electron chi connectivity index (χ4n) is 2.07. The molecule has 0 unspecified atom stereocenters. The topological polar surface area (TPSA) is 33.3 Å². The van der Waals surface area contributed by atoms with Crippen molar-refractivity contribution in [3.8, 4) is 5.75 Å². The normalized spacial score (nSPS) is 10.5. The molecule has 0 heterocycles. The molecule has 0 bridgehead atoms. The van der Waals surface area contributed by atoms with Crippen molar-refractivity contribution >= 4 is 0 Å². The summed E-state index contributed by atoms with van der Waals surface area (Å²) in [5, 5.41) is 6.58. The molecule has 0 spiro atoms. The molecule has 0 radical (unpaired) electrons. The van der Waals surface area contributed by atoms with E-state index in [1.54, 1.807) is 0 Å². The van der Waals surface area contributed by atoms with Gasteiger partial charge < -0.3 is 15.4 Å². The highest BCUT2D eigenvalue weighted by molar-refractivity contribution is 5.27. The second kappa shape index (κ2) is 9.16. The lowest BCUT2D eigenvalue weighted by molar-refractivity contribution is 0.306. The average molecular weight is 284 g/mol. The van der Waals surface area contributed by atoms with Crippen LogP contribution in [0.3, 0.4) is 0 Å². The fourth-order valence-corrected chi connectivity index (χ4v) is 2.07. The minimum absolute atomic E-state index is 0.614. The molecule has 2 aromatic carbocycles. The van der Waals surface area contributed by atoms with E-state index in [1.807, 2.05) is 37.4 Å². The molecule has 0 fully saturated rings. The molecule has 2 N–H and O–H groups in total. The van der Waals surface area contributed by atoms with Gasteiger partial charge in [0.25, 0.3) is 0 Å². The predicted octanol–water partition coefficient (Wildman–Crippen LogP) is 2.96. The van der Waals surface area contributed by atoms with Crippen LogP contribution < -0.4 is 15.4 Å². The van der Waals surface area contributed by atoms with E-state index in [4.69, 9.17) is 4.74 Å². The lowest BCUT2D eigenvalue weighted by Crippen LogP contribution is -2.19. The summed E-state index contributed by atoms with van der Waals surface area (Å²) in [6.45, 7) is 3.61. The Morgan fingerprint density at radius 2 is 1.62 bits per heavy atom. The highest BCUT2D eigenvalue weighted by Crippen LogP contribution is 2.14. The number of hydrogen-bond donors (Lipinski definition) is 2. The number of nitrogens with one attached hydrogen (secondary N) is 2. The van der Waals surface area contributed by atoms with E-state index in [1.165, 1.54) is 11.1 Å². The largest absolute Gasteiger partial charge is 0.489 e. The third-order valence-electron chi connectivity index (χ3n) is 3.28. The molecular weight excluding hydrogens is 260 g/mol. The van der Waals surface area contributed by atoms with Crippen LogP contribution in [0.4, 0.5) is 0 Å². The molecule has 0 atom stereocenters. The van der Waals surface area contributed by atoms with Crippen molar-refractivity contribution in [1.82, 2.24) is 10.6 Å². The molecule has 3 nitrogen and oxygen atoms in total. The van der Waals surface area contributed by atoms with Crippen molar-refractivity contribution in [1.29, 1.82) is 0 Å². The summed E-state index contributed by atoms with van der Waals surface area (Å²) in [4.78, 5) is 0. The third-order valence-corrected chi connectivity index (χ3v) is 3.28. The first kappa shape index (κ1) is 15.5.